The van der Waals surface area contributed by atoms with Crippen molar-refractivity contribution in [2.45, 2.75) is 6.42 Å². The van der Waals surface area contributed by atoms with Crippen LogP contribution < -0.4 is 14.0 Å². The molecule has 142 valence electrons. The van der Waals surface area contributed by atoms with E-state index < -0.39 is 7.32 Å². The molecule has 0 saturated heterocycles. The second kappa shape index (κ2) is 9.51. The topological polar surface area (TPSA) is 27.7 Å². The molecule has 0 saturated carbocycles. The second-order valence-corrected chi connectivity index (χ2v) is 6.54. The van der Waals surface area contributed by atoms with Crippen molar-refractivity contribution in [1.82, 2.24) is 0 Å². The van der Waals surface area contributed by atoms with Crippen LogP contribution in [0.5, 0.6) is 17.2 Å². The van der Waals surface area contributed by atoms with Gasteiger partial charge in [-0.3, -0.25) is 0 Å². The van der Waals surface area contributed by atoms with Gasteiger partial charge in [0, 0.05) is 6.42 Å². The lowest BCUT2D eigenvalue weighted by Gasteiger charge is -2.18. The fraction of sp³-hybridized carbons (Fsp3) is 0.0400. The Labute approximate surface area is 171 Å². The molecular weight excluding hydrogens is 359 g/mol. The molecule has 0 spiro atoms. The lowest BCUT2D eigenvalue weighted by Crippen LogP contribution is -2.37. The summed E-state index contributed by atoms with van der Waals surface area (Å²) in [5.74, 6) is 2.08. The summed E-state index contributed by atoms with van der Waals surface area (Å²) >= 11 is 0. The summed E-state index contributed by atoms with van der Waals surface area (Å²) in [6.45, 7) is 0. The van der Waals surface area contributed by atoms with Crippen LogP contribution >= 0.6 is 0 Å². The first kappa shape index (κ1) is 18.7. The maximum Gasteiger partial charge on any atom is 0.864 e. The average molecular weight is 380 g/mol. The van der Waals surface area contributed by atoms with Gasteiger partial charge in [-0.1, -0.05) is 84.9 Å². The summed E-state index contributed by atoms with van der Waals surface area (Å²) in [5, 5.41) is 0. The van der Waals surface area contributed by atoms with Crippen molar-refractivity contribution in [2.75, 3.05) is 0 Å². The smallest absolute Gasteiger partial charge is 0.490 e. The van der Waals surface area contributed by atoms with Gasteiger partial charge in [0.2, 0.25) is 0 Å². The summed E-state index contributed by atoms with van der Waals surface area (Å²) in [5.41, 5.74) is 2.28. The number of hydrogen-bond acceptors (Lipinski definition) is 3. The third kappa shape index (κ3) is 5.42. The molecule has 4 heteroatoms. The second-order valence-electron chi connectivity index (χ2n) is 6.54. The molecule has 0 aliphatic rings. The van der Waals surface area contributed by atoms with E-state index in [-0.39, 0.29) is 0 Å². The van der Waals surface area contributed by atoms with Crippen molar-refractivity contribution >= 4 is 7.32 Å². The first-order chi connectivity index (χ1) is 14.4. The molecule has 4 aromatic rings. The minimum absolute atomic E-state index is 0.675. The van der Waals surface area contributed by atoms with Crippen molar-refractivity contribution in [2.24, 2.45) is 0 Å². The van der Waals surface area contributed by atoms with Crippen molar-refractivity contribution in [1.29, 1.82) is 0 Å². The fourth-order valence-electron chi connectivity index (χ4n) is 2.98. The van der Waals surface area contributed by atoms with E-state index in [0.717, 1.165) is 17.7 Å². The summed E-state index contributed by atoms with van der Waals surface area (Å²) in [4.78, 5) is 0. The SMILES string of the molecule is c1ccc(Cc2ccccc2OB(Oc2ccccc2)Oc2ccccc2)cc1. The monoisotopic (exact) mass is 380 g/mol. The molecule has 0 unspecified atom stereocenters. The zero-order valence-corrected chi connectivity index (χ0v) is 16.0. The summed E-state index contributed by atoms with van der Waals surface area (Å²) in [6.07, 6.45) is 0.764. The quantitative estimate of drug-likeness (QED) is 0.362. The van der Waals surface area contributed by atoms with Gasteiger partial charge >= 0.3 is 7.32 Å². The predicted octanol–water partition coefficient (Wildman–Crippen LogP) is 5.80. The summed E-state index contributed by atoms with van der Waals surface area (Å²) in [6, 6.07) is 37.3. The Bertz CT molecular complexity index is 966. The first-order valence-corrected chi connectivity index (χ1v) is 9.59. The number of hydrogen-bond donors (Lipinski definition) is 0. The number of rotatable bonds is 8. The van der Waals surface area contributed by atoms with Crippen molar-refractivity contribution in [3.8, 4) is 17.2 Å². The van der Waals surface area contributed by atoms with Crippen LogP contribution in [0.2, 0.25) is 0 Å². The largest absolute Gasteiger partial charge is 0.864 e. The molecule has 0 aliphatic heterocycles. The van der Waals surface area contributed by atoms with E-state index in [0.29, 0.717) is 11.5 Å². The molecule has 0 N–H and O–H groups in total. The first-order valence-electron chi connectivity index (χ1n) is 9.59. The van der Waals surface area contributed by atoms with E-state index in [1.807, 2.05) is 97.1 Å². The van der Waals surface area contributed by atoms with Gasteiger partial charge in [-0.05, 0) is 41.5 Å². The molecule has 0 aromatic heterocycles. The Kier molecular flexibility index (Phi) is 6.13. The van der Waals surface area contributed by atoms with Gasteiger partial charge in [0.1, 0.15) is 17.2 Å². The standard InChI is InChI=1S/C25H21BO3/c1-4-12-21(13-5-1)20-22-14-10-11-19-25(22)29-26(27-23-15-6-2-7-16-23)28-24-17-8-3-9-18-24/h1-19H,20H2. The Morgan fingerprint density at radius 1 is 0.483 bits per heavy atom. The van der Waals surface area contributed by atoms with Gasteiger partial charge in [-0.2, -0.15) is 0 Å². The van der Waals surface area contributed by atoms with Gasteiger partial charge in [0.05, 0.1) is 0 Å². The predicted molar refractivity (Wildman–Crippen MR) is 116 cm³/mol. The van der Waals surface area contributed by atoms with Gasteiger partial charge in [-0.15, -0.1) is 0 Å². The zero-order valence-electron chi connectivity index (χ0n) is 16.0. The highest BCUT2D eigenvalue weighted by atomic mass is 16.7. The highest BCUT2D eigenvalue weighted by Gasteiger charge is 2.31. The highest BCUT2D eigenvalue weighted by Crippen LogP contribution is 2.24. The van der Waals surface area contributed by atoms with Gasteiger partial charge < -0.3 is 14.0 Å². The minimum atomic E-state index is -0.920. The molecule has 0 radical (unpaired) electrons. The van der Waals surface area contributed by atoms with E-state index in [4.69, 9.17) is 14.0 Å². The van der Waals surface area contributed by atoms with E-state index in [2.05, 4.69) is 18.2 Å². The molecule has 0 bridgehead atoms. The van der Waals surface area contributed by atoms with E-state index in [1.165, 1.54) is 5.56 Å². The summed E-state index contributed by atoms with van der Waals surface area (Å²) < 4.78 is 18.1. The van der Waals surface area contributed by atoms with Crippen LogP contribution in [0.15, 0.2) is 115 Å². The molecule has 4 aromatic carbocycles. The van der Waals surface area contributed by atoms with Crippen LogP contribution in [0.4, 0.5) is 0 Å². The Hall–Kier alpha value is -3.66. The zero-order chi connectivity index (χ0) is 19.7. The molecular formula is C25H21BO3. The van der Waals surface area contributed by atoms with E-state index in [1.54, 1.807) is 0 Å². The molecule has 3 nitrogen and oxygen atoms in total. The molecule has 4 rings (SSSR count). The van der Waals surface area contributed by atoms with E-state index >= 15 is 0 Å². The molecule has 0 fully saturated rings. The fourth-order valence-corrected chi connectivity index (χ4v) is 2.98. The Morgan fingerprint density at radius 3 is 1.55 bits per heavy atom. The third-order valence-corrected chi connectivity index (χ3v) is 4.38. The Morgan fingerprint density at radius 2 is 0.966 bits per heavy atom. The van der Waals surface area contributed by atoms with Crippen LogP contribution in [-0.4, -0.2) is 7.32 Å². The lowest BCUT2D eigenvalue weighted by atomic mass is 10.0. The normalized spacial score (nSPS) is 10.2. The van der Waals surface area contributed by atoms with Crippen LogP contribution in [0.3, 0.4) is 0 Å². The molecule has 0 amide bonds. The van der Waals surface area contributed by atoms with Gasteiger partial charge in [0.15, 0.2) is 0 Å². The third-order valence-electron chi connectivity index (χ3n) is 4.38. The van der Waals surface area contributed by atoms with E-state index in [9.17, 15) is 0 Å². The Balaban J connectivity index is 1.57. The molecule has 0 aliphatic carbocycles. The molecule has 0 atom stereocenters. The maximum atomic E-state index is 6.18. The highest BCUT2D eigenvalue weighted by molar-refractivity contribution is 6.39. The van der Waals surface area contributed by atoms with Crippen LogP contribution in [-0.2, 0) is 6.42 Å². The van der Waals surface area contributed by atoms with Crippen LogP contribution in [0, 0.1) is 0 Å². The minimum Gasteiger partial charge on any atom is -0.490 e. The maximum absolute atomic E-state index is 6.18. The lowest BCUT2D eigenvalue weighted by molar-refractivity contribution is 0.306. The van der Waals surface area contributed by atoms with Crippen molar-refractivity contribution < 1.29 is 14.0 Å². The average Bonchev–Trinajstić information content (AvgIpc) is 2.77. The van der Waals surface area contributed by atoms with Crippen LogP contribution in [0.25, 0.3) is 0 Å². The molecule has 0 heterocycles. The van der Waals surface area contributed by atoms with Gasteiger partial charge in [-0.25, -0.2) is 0 Å². The number of benzene rings is 4. The number of para-hydroxylation sites is 3. The summed E-state index contributed by atoms with van der Waals surface area (Å²) in [7, 11) is -0.920. The van der Waals surface area contributed by atoms with Crippen molar-refractivity contribution in [3.63, 3.8) is 0 Å². The van der Waals surface area contributed by atoms with Gasteiger partial charge in [0.25, 0.3) is 0 Å². The van der Waals surface area contributed by atoms with Crippen LogP contribution in [0.1, 0.15) is 11.1 Å². The molecule has 29 heavy (non-hydrogen) atoms. The van der Waals surface area contributed by atoms with Crippen molar-refractivity contribution in [3.05, 3.63) is 126 Å².